The lowest BCUT2D eigenvalue weighted by atomic mass is 10.8. The third-order valence-electron chi connectivity index (χ3n) is 0.141. The Bertz CT molecular complexity index is 95.3. The predicted molar refractivity (Wildman–Crippen MR) is 18.0 cm³/mol. The van der Waals surface area contributed by atoms with Gasteiger partial charge in [-0.2, -0.15) is 0 Å². The molecule has 0 spiro atoms. The van der Waals surface area contributed by atoms with Crippen molar-refractivity contribution in [2.24, 2.45) is 5.83 Å². The molecule has 3 N–H and O–H groups in total. The fourth-order valence-electron chi connectivity index (χ4n) is 0. The number of amides is 1. The van der Waals surface area contributed by atoms with Crippen molar-refractivity contribution in [2.45, 2.75) is 6.92 Å². The third-order valence-corrected chi connectivity index (χ3v) is 0.141. The number of hydrazine groups is 1. The molecule has 0 bridgehead atoms. The van der Waals surface area contributed by atoms with Crippen LogP contribution in [-0.4, -0.2) is 5.91 Å². The van der Waals surface area contributed by atoms with Crippen LogP contribution in [0.3, 0.4) is 0 Å². The molecule has 0 aromatic heterocycles. The summed E-state index contributed by atoms with van der Waals surface area (Å²) in [6, 6.07) is 0. The van der Waals surface area contributed by atoms with Gasteiger partial charge in [0.2, 0.25) is 5.91 Å². The molecule has 0 rings (SSSR count). The van der Waals surface area contributed by atoms with Gasteiger partial charge in [0.05, 0.1) is 0 Å². The SMILES string of the molecule is [2H]N([2H])N([2H])C(C)=O. The van der Waals surface area contributed by atoms with Crippen molar-refractivity contribution in [1.29, 1.82) is 0 Å². The van der Waals surface area contributed by atoms with Crippen molar-refractivity contribution in [3.8, 4) is 0 Å². The summed E-state index contributed by atoms with van der Waals surface area (Å²) in [7, 11) is 0. The van der Waals surface area contributed by atoms with Crippen LogP contribution in [0.15, 0.2) is 0 Å². The summed E-state index contributed by atoms with van der Waals surface area (Å²) in [5.74, 6) is -0.766. The van der Waals surface area contributed by atoms with E-state index < -0.39 is 5.91 Å². The Balaban J connectivity index is 3.64. The van der Waals surface area contributed by atoms with E-state index in [0.29, 0.717) is 0 Å². The van der Waals surface area contributed by atoms with Crippen LogP contribution in [0.25, 0.3) is 0 Å². The highest BCUT2D eigenvalue weighted by Crippen LogP contribution is 1.41. The van der Waals surface area contributed by atoms with Crippen molar-refractivity contribution >= 4 is 5.91 Å². The van der Waals surface area contributed by atoms with E-state index in [1.165, 1.54) is 0 Å². The predicted octanol–water partition coefficient (Wildman–Crippen LogP) is -1.00. The van der Waals surface area contributed by atoms with Crippen molar-refractivity contribution < 1.29 is 9.03 Å². The summed E-state index contributed by atoms with van der Waals surface area (Å²) in [5.41, 5.74) is 0.111. The fourth-order valence-corrected chi connectivity index (χ4v) is 0. The van der Waals surface area contributed by atoms with Crippen LogP contribution in [0.2, 0.25) is 4.24 Å². The molecule has 0 aromatic rings. The highest BCUT2D eigenvalue weighted by atomic mass is 16.2. The number of carbonyl (C=O) groups excluding carboxylic acids is 1. The van der Waals surface area contributed by atoms with Gasteiger partial charge in [0.15, 0.2) is 1.41 Å². The second-order valence-corrected chi connectivity index (χ2v) is 0.619. The van der Waals surface area contributed by atoms with Crippen LogP contribution in [0.5, 0.6) is 0 Å². The van der Waals surface area contributed by atoms with E-state index in [4.69, 9.17) is 4.24 Å². The average Bonchev–Trinajstić information content (AvgIpc) is 1.64. The Morgan fingerprint density at radius 3 is 3.20 bits per heavy atom. The van der Waals surface area contributed by atoms with E-state index in [2.05, 4.69) is 0 Å². The molecule has 0 aromatic carbocycles. The third kappa shape index (κ3) is 3.43. The minimum atomic E-state index is -0.657. The monoisotopic (exact) mass is 77.1 g/mol. The summed E-state index contributed by atoms with van der Waals surface area (Å²) in [6.07, 6.45) is 0. The van der Waals surface area contributed by atoms with Crippen LogP contribution >= 0.6 is 0 Å². The Labute approximate surface area is 34.5 Å². The minimum absolute atomic E-state index is 0.109. The first-order valence-electron chi connectivity index (χ1n) is 2.47. The molecule has 3 nitrogen and oxygen atoms in total. The molecule has 0 radical (unpaired) electrons. The largest absolute Gasteiger partial charge is 0.295 e. The van der Waals surface area contributed by atoms with E-state index in [0.717, 1.165) is 6.92 Å². The maximum absolute atomic E-state index is 10.0. The molecule has 1 amide bonds. The van der Waals surface area contributed by atoms with Crippen molar-refractivity contribution in [3.05, 3.63) is 0 Å². The number of carbonyl (C=O) groups is 1. The highest BCUT2D eigenvalue weighted by molar-refractivity contribution is 5.71. The number of rotatable bonds is 1. The number of nitrogens with one attached hydrogen (secondary N) is 1. The molecular weight excluding hydrogens is 68.0 g/mol. The number of hydrogen-bond acceptors (Lipinski definition) is 2. The lowest BCUT2D eigenvalue weighted by molar-refractivity contribution is -0.119. The molecule has 0 fully saturated rings. The van der Waals surface area contributed by atoms with Gasteiger partial charge in [-0.25, -0.2) is 5.83 Å². The molecule has 0 heterocycles. The second kappa shape index (κ2) is 1.72. The summed E-state index contributed by atoms with van der Waals surface area (Å²) in [4.78, 5) is 10.0. The highest BCUT2D eigenvalue weighted by Gasteiger charge is 1.73. The van der Waals surface area contributed by atoms with E-state index in [9.17, 15) is 4.79 Å². The molecule has 3 heteroatoms. The summed E-state index contributed by atoms with van der Waals surface area (Å²) in [6.45, 7) is 1.10. The van der Waals surface area contributed by atoms with Crippen LogP contribution in [0, 0.1) is 0 Å². The van der Waals surface area contributed by atoms with Crippen LogP contribution in [0.1, 0.15) is 6.92 Å². The van der Waals surface area contributed by atoms with Gasteiger partial charge in [0.25, 0.3) is 0 Å². The summed E-state index contributed by atoms with van der Waals surface area (Å²) >= 11 is 0. The molecule has 0 aliphatic rings. The second-order valence-electron chi connectivity index (χ2n) is 0.619. The van der Waals surface area contributed by atoms with Gasteiger partial charge in [0, 0.05) is 6.92 Å². The van der Waals surface area contributed by atoms with Crippen LogP contribution in [-0.2, 0) is 4.79 Å². The van der Waals surface area contributed by atoms with E-state index in [-0.39, 0.29) is 11.2 Å². The van der Waals surface area contributed by atoms with Crippen LogP contribution < -0.4 is 11.2 Å². The first-order chi connectivity index (χ1) is 3.55. The Morgan fingerprint density at radius 1 is 2.60 bits per heavy atom. The quantitative estimate of drug-likeness (QED) is 0.239. The van der Waals surface area contributed by atoms with E-state index >= 15 is 0 Å². The fraction of sp³-hybridized carbons (Fsp3) is 0.500. The maximum Gasteiger partial charge on any atom is 0.230 e. The molecule has 30 valence electrons. The van der Waals surface area contributed by atoms with Crippen LogP contribution in [0.4, 0.5) is 0 Å². The van der Waals surface area contributed by atoms with Crippen molar-refractivity contribution in [2.75, 3.05) is 0 Å². The Kier molecular flexibility index (Phi) is 0.434. The topological polar surface area (TPSA) is 55.1 Å². The maximum atomic E-state index is 10.0. The van der Waals surface area contributed by atoms with Gasteiger partial charge in [0.1, 0.15) is 2.82 Å². The summed E-state index contributed by atoms with van der Waals surface area (Å²) < 4.78 is 19.2. The van der Waals surface area contributed by atoms with Crippen molar-refractivity contribution in [1.82, 2.24) is 5.42 Å². The molecule has 0 aliphatic carbocycles. The molecule has 5 heavy (non-hydrogen) atoms. The normalized spacial score (nSPS) is 16.0. The first kappa shape index (κ1) is 1.26. The van der Waals surface area contributed by atoms with Gasteiger partial charge < -0.3 is 0 Å². The lowest BCUT2D eigenvalue weighted by Gasteiger charge is -1.80. The lowest BCUT2D eigenvalue weighted by Crippen LogP contribution is -2.26. The molecule has 0 atom stereocenters. The smallest absolute Gasteiger partial charge is 0.230 e. The van der Waals surface area contributed by atoms with Gasteiger partial charge >= 0.3 is 0 Å². The van der Waals surface area contributed by atoms with E-state index in [1.807, 2.05) is 0 Å². The van der Waals surface area contributed by atoms with Gasteiger partial charge in [-0.3, -0.25) is 10.2 Å². The minimum Gasteiger partial charge on any atom is -0.295 e. The number of hydrogen-bond donors (Lipinski definition) is 2. The Hall–Kier alpha value is -0.570. The molecule has 0 saturated heterocycles. The molecule has 0 aliphatic heterocycles. The number of nitrogens with two attached hydrogens (primary N) is 1. The van der Waals surface area contributed by atoms with E-state index in [1.54, 1.807) is 0 Å². The zero-order chi connectivity index (χ0) is 6.73. The zero-order valence-electron chi connectivity index (χ0n) is 5.80. The molecular formula is C2H6N2O. The zero-order valence-corrected chi connectivity index (χ0v) is 2.80. The summed E-state index contributed by atoms with van der Waals surface area (Å²) in [5, 5.41) is 0. The molecule has 0 saturated carbocycles. The van der Waals surface area contributed by atoms with Gasteiger partial charge in [-0.15, -0.1) is 0 Å². The van der Waals surface area contributed by atoms with Crippen molar-refractivity contribution in [3.63, 3.8) is 0 Å². The molecule has 0 unspecified atom stereocenters. The average molecular weight is 77.1 g/mol. The Morgan fingerprint density at radius 2 is 3.20 bits per heavy atom. The van der Waals surface area contributed by atoms with Gasteiger partial charge in [-0.1, -0.05) is 0 Å². The first-order valence-corrected chi connectivity index (χ1v) is 1.13. The van der Waals surface area contributed by atoms with Gasteiger partial charge in [-0.05, 0) is 0 Å². The standard InChI is InChI=1S/C2H6N2O/c1-2(5)4-3/h3H2,1H3,(H,4,5)/i/hD3.